The Balaban J connectivity index is 3.81. The van der Waals surface area contributed by atoms with Crippen LogP contribution >= 0.6 is 0 Å². The minimum Gasteiger partial charge on any atom is -0.349 e. The largest absolute Gasteiger partial charge is 0.349 e. The molecule has 0 radical (unpaired) electrons. The molecular formula is C11H23NO. The highest BCUT2D eigenvalue weighted by Gasteiger charge is 2.16. The van der Waals surface area contributed by atoms with Gasteiger partial charge in [0, 0.05) is 20.0 Å². The van der Waals surface area contributed by atoms with Crippen molar-refractivity contribution >= 4 is 5.91 Å². The molecule has 0 saturated heterocycles. The fraction of sp³-hybridized carbons (Fsp3) is 0.909. The zero-order valence-electron chi connectivity index (χ0n) is 9.47. The average molecular weight is 185 g/mol. The predicted octanol–water partition coefficient (Wildman–Crippen LogP) is 2.68. The van der Waals surface area contributed by atoms with E-state index in [0.717, 1.165) is 12.8 Å². The standard InChI is InChI=1S/C11H23NO/c1-5-7-8-9-10(6-2)11(13)12(3)4/h10H,5-9H2,1-4H3. The number of hydrogen-bond acceptors (Lipinski definition) is 1. The third kappa shape index (κ3) is 4.91. The van der Waals surface area contributed by atoms with Crippen molar-refractivity contribution in [3.63, 3.8) is 0 Å². The summed E-state index contributed by atoms with van der Waals surface area (Å²) in [5, 5.41) is 0. The van der Waals surface area contributed by atoms with E-state index in [1.54, 1.807) is 4.90 Å². The molecule has 0 spiro atoms. The van der Waals surface area contributed by atoms with Crippen LogP contribution in [0.2, 0.25) is 0 Å². The summed E-state index contributed by atoms with van der Waals surface area (Å²) in [6.45, 7) is 4.28. The van der Waals surface area contributed by atoms with Gasteiger partial charge < -0.3 is 4.90 Å². The van der Waals surface area contributed by atoms with E-state index >= 15 is 0 Å². The molecule has 0 bridgehead atoms. The highest BCUT2D eigenvalue weighted by atomic mass is 16.2. The predicted molar refractivity (Wildman–Crippen MR) is 56.6 cm³/mol. The monoisotopic (exact) mass is 185 g/mol. The summed E-state index contributed by atoms with van der Waals surface area (Å²) in [5.41, 5.74) is 0. The summed E-state index contributed by atoms with van der Waals surface area (Å²) in [4.78, 5) is 13.3. The number of rotatable bonds is 6. The zero-order chi connectivity index (χ0) is 10.3. The Morgan fingerprint density at radius 2 is 1.85 bits per heavy atom. The second-order valence-electron chi connectivity index (χ2n) is 3.83. The van der Waals surface area contributed by atoms with Crippen molar-refractivity contribution in [2.75, 3.05) is 14.1 Å². The van der Waals surface area contributed by atoms with Gasteiger partial charge in [0.1, 0.15) is 0 Å². The van der Waals surface area contributed by atoms with Gasteiger partial charge in [-0.3, -0.25) is 4.79 Å². The molecule has 1 unspecified atom stereocenters. The molecule has 0 saturated carbocycles. The van der Waals surface area contributed by atoms with E-state index in [0.29, 0.717) is 5.91 Å². The van der Waals surface area contributed by atoms with Crippen LogP contribution in [-0.2, 0) is 4.79 Å². The second kappa shape index (κ2) is 6.93. The molecule has 0 aromatic rings. The lowest BCUT2D eigenvalue weighted by atomic mass is 9.97. The Morgan fingerprint density at radius 1 is 1.23 bits per heavy atom. The first-order valence-electron chi connectivity index (χ1n) is 5.34. The van der Waals surface area contributed by atoms with Gasteiger partial charge in [-0.1, -0.05) is 33.1 Å². The molecule has 0 aliphatic carbocycles. The highest BCUT2D eigenvalue weighted by molar-refractivity contribution is 5.78. The van der Waals surface area contributed by atoms with E-state index in [2.05, 4.69) is 13.8 Å². The molecule has 78 valence electrons. The minimum atomic E-state index is 0.251. The molecule has 0 heterocycles. The molecule has 1 atom stereocenters. The molecule has 0 N–H and O–H groups in total. The Labute approximate surface area is 82.3 Å². The fourth-order valence-corrected chi connectivity index (χ4v) is 1.51. The number of carbonyl (C=O) groups excluding carboxylic acids is 1. The van der Waals surface area contributed by atoms with Crippen LogP contribution in [0.1, 0.15) is 46.0 Å². The van der Waals surface area contributed by atoms with Gasteiger partial charge >= 0.3 is 0 Å². The van der Waals surface area contributed by atoms with Crippen LogP contribution in [0.5, 0.6) is 0 Å². The normalized spacial score (nSPS) is 12.6. The summed E-state index contributed by atoms with van der Waals surface area (Å²) in [5.74, 6) is 0.542. The first-order chi connectivity index (χ1) is 6.13. The summed E-state index contributed by atoms with van der Waals surface area (Å²) in [6, 6.07) is 0. The van der Waals surface area contributed by atoms with Crippen molar-refractivity contribution in [1.82, 2.24) is 4.90 Å². The summed E-state index contributed by atoms with van der Waals surface area (Å²) in [7, 11) is 3.68. The molecule has 0 fully saturated rings. The lowest BCUT2D eigenvalue weighted by Gasteiger charge is -2.18. The van der Waals surface area contributed by atoms with Gasteiger partial charge in [0.05, 0.1) is 0 Å². The molecule has 1 amide bonds. The Hall–Kier alpha value is -0.530. The molecule has 13 heavy (non-hydrogen) atoms. The Kier molecular flexibility index (Phi) is 6.65. The van der Waals surface area contributed by atoms with Gasteiger partial charge in [0.2, 0.25) is 5.91 Å². The second-order valence-corrected chi connectivity index (χ2v) is 3.83. The number of carbonyl (C=O) groups is 1. The maximum atomic E-state index is 11.6. The molecule has 0 aliphatic heterocycles. The quantitative estimate of drug-likeness (QED) is 0.583. The van der Waals surface area contributed by atoms with Crippen molar-refractivity contribution in [2.45, 2.75) is 46.0 Å². The van der Waals surface area contributed by atoms with Crippen molar-refractivity contribution in [3.8, 4) is 0 Å². The van der Waals surface area contributed by atoms with Crippen molar-refractivity contribution in [3.05, 3.63) is 0 Å². The zero-order valence-corrected chi connectivity index (χ0v) is 9.47. The number of unbranched alkanes of at least 4 members (excludes halogenated alkanes) is 2. The maximum Gasteiger partial charge on any atom is 0.225 e. The van der Waals surface area contributed by atoms with Gasteiger partial charge in [0.25, 0.3) is 0 Å². The SMILES string of the molecule is CCCCCC(CC)C(=O)N(C)C. The van der Waals surface area contributed by atoms with Gasteiger partial charge in [0.15, 0.2) is 0 Å². The molecule has 0 aromatic heterocycles. The molecule has 0 aliphatic rings. The van der Waals surface area contributed by atoms with E-state index in [9.17, 15) is 4.79 Å². The number of amides is 1. The van der Waals surface area contributed by atoms with E-state index in [1.165, 1.54) is 19.3 Å². The van der Waals surface area contributed by atoms with Crippen LogP contribution < -0.4 is 0 Å². The highest BCUT2D eigenvalue weighted by Crippen LogP contribution is 2.15. The molecule has 2 nitrogen and oxygen atoms in total. The third-order valence-electron chi connectivity index (χ3n) is 2.44. The first kappa shape index (κ1) is 12.5. The topological polar surface area (TPSA) is 20.3 Å². The average Bonchev–Trinajstić information content (AvgIpc) is 2.11. The molecule has 0 aromatic carbocycles. The lowest BCUT2D eigenvalue weighted by molar-refractivity contribution is -0.133. The third-order valence-corrected chi connectivity index (χ3v) is 2.44. The van der Waals surface area contributed by atoms with Gasteiger partial charge in [-0.05, 0) is 12.8 Å². The van der Waals surface area contributed by atoms with Gasteiger partial charge in [-0.2, -0.15) is 0 Å². The van der Waals surface area contributed by atoms with E-state index in [1.807, 2.05) is 14.1 Å². The van der Waals surface area contributed by atoms with Gasteiger partial charge in [-0.15, -0.1) is 0 Å². The summed E-state index contributed by atoms with van der Waals surface area (Å²) < 4.78 is 0. The fourth-order valence-electron chi connectivity index (χ4n) is 1.51. The van der Waals surface area contributed by atoms with E-state index in [4.69, 9.17) is 0 Å². The van der Waals surface area contributed by atoms with E-state index < -0.39 is 0 Å². The maximum absolute atomic E-state index is 11.6. The Morgan fingerprint density at radius 3 is 2.23 bits per heavy atom. The summed E-state index contributed by atoms with van der Waals surface area (Å²) in [6.07, 6.45) is 5.69. The van der Waals surface area contributed by atoms with Crippen molar-refractivity contribution in [1.29, 1.82) is 0 Å². The van der Waals surface area contributed by atoms with Crippen LogP contribution in [0.15, 0.2) is 0 Å². The smallest absolute Gasteiger partial charge is 0.225 e. The van der Waals surface area contributed by atoms with Crippen molar-refractivity contribution < 1.29 is 4.79 Å². The van der Waals surface area contributed by atoms with Gasteiger partial charge in [-0.25, -0.2) is 0 Å². The van der Waals surface area contributed by atoms with Crippen LogP contribution in [0.4, 0.5) is 0 Å². The first-order valence-corrected chi connectivity index (χ1v) is 5.34. The molecular weight excluding hydrogens is 162 g/mol. The van der Waals surface area contributed by atoms with Crippen LogP contribution in [0, 0.1) is 5.92 Å². The van der Waals surface area contributed by atoms with Crippen LogP contribution in [0.3, 0.4) is 0 Å². The Bertz CT molecular complexity index is 143. The van der Waals surface area contributed by atoms with E-state index in [-0.39, 0.29) is 5.92 Å². The van der Waals surface area contributed by atoms with Crippen molar-refractivity contribution in [2.24, 2.45) is 5.92 Å². The minimum absolute atomic E-state index is 0.251. The molecule has 0 rings (SSSR count). The lowest BCUT2D eigenvalue weighted by Crippen LogP contribution is -2.29. The number of hydrogen-bond donors (Lipinski definition) is 0. The van der Waals surface area contributed by atoms with Crippen LogP contribution in [-0.4, -0.2) is 24.9 Å². The number of nitrogens with zero attached hydrogens (tertiary/aromatic N) is 1. The molecule has 2 heteroatoms. The summed E-state index contributed by atoms with van der Waals surface area (Å²) >= 11 is 0. The van der Waals surface area contributed by atoms with Crippen LogP contribution in [0.25, 0.3) is 0 Å².